The second-order valence-electron chi connectivity index (χ2n) is 3.86. The van der Waals surface area contributed by atoms with Crippen molar-refractivity contribution in [3.8, 4) is 0 Å². The van der Waals surface area contributed by atoms with E-state index in [0.717, 1.165) is 5.56 Å². The van der Waals surface area contributed by atoms with Gasteiger partial charge in [-0.1, -0.05) is 17.3 Å². The minimum Gasteiger partial charge on any atom is -0.398 e. The van der Waals surface area contributed by atoms with Gasteiger partial charge >= 0.3 is 0 Å². The van der Waals surface area contributed by atoms with Gasteiger partial charge in [0, 0.05) is 13.2 Å². The van der Waals surface area contributed by atoms with Crippen LogP contribution in [0.5, 0.6) is 0 Å². The second kappa shape index (κ2) is 4.67. The van der Waals surface area contributed by atoms with Crippen LogP contribution in [-0.2, 0) is 23.6 Å². The van der Waals surface area contributed by atoms with Crippen LogP contribution in [0.2, 0.25) is 0 Å². The van der Waals surface area contributed by atoms with Crippen LogP contribution in [0, 0.1) is 6.92 Å². The van der Waals surface area contributed by atoms with Crippen LogP contribution in [-0.4, -0.2) is 19.2 Å². The van der Waals surface area contributed by atoms with Crippen molar-refractivity contribution in [2.75, 3.05) is 5.73 Å². The molecule has 5 nitrogen and oxygen atoms in total. The van der Waals surface area contributed by atoms with Gasteiger partial charge in [-0.3, -0.25) is 8.89 Å². The molecule has 0 spiro atoms. The number of para-hydroxylation sites is 1. The van der Waals surface area contributed by atoms with E-state index >= 15 is 0 Å². The Balaban J connectivity index is 2.23. The van der Waals surface area contributed by atoms with E-state index in [1.165, 1.54) is 0 Å². The molecule has 2 N–H and O–H groups in total. The largest absolute Gasteiger partial charge is 0.398 e. The average Bonchev–Trinajstić information content (AvgIpc) is 2.68. The quantitative estimate of drug-likeness (QED) is 0.825. The lowest BCUT2D eigenvalue weighted by Crippen LogP contribution is -2.02. The highest BCUT2D eigenvalue weighted by Crippen LogP contribution is 2.21. The maximum Gasteiger partial charge on any atom is 0.0955 e. The van der Waals surface area contributed by atoms with Gasteiger partial charge in [0.15, 0.2) is 0 Å². The smallest absolute Gasteiger partial charge is 0.0955 e. The van der Waals surface area contributed by atoms with Crippen LogP contribution < -0.4 is 5.73 Å². The molecule has 17 heavy (non-hydrogen) atoms. The fraction of sp³-hybridized carbons (Fsp3) is 0.273. The first-order valence-corrected chi connectivity index (χ1v) is 6.48. The van der Waals surface area contributed by atoms with Crippen molar-refractivity contribution in [3.63, 3.8) is 0 Å². The zero-order valence-corrected chi connectivity index (χ0v) is 10.6. The maximum absolute atomic E-state index is 12.2. The molecule has 1 aromatic heterocycles. The number of aryl methyl sites for hydroxylation is 2. The SMILES string of the molecule is Cc1cccc(S(=O)Cc2cn(C)nn2)c1N. The summed E-state index contributed by atoms with van der Waals surface area (Å²) in [6, 6.07) is 5.54. The Hall–Kier alpha value is -1.69. The Kier molecular flexibility index (Phi) is 3.23. The molecule has 6 heteroatoms. The molecule has 0 aliphatic heterocycles. The molecule has 1 heterocycles. The molecule has 1 atom stereocenters. The van der Waals surface area contributed by atoms with E-state index in [2.05, 4.69) is 10.3 Å². The lowest BCUT2D eigenvalue weighted by atomic mass is 10.2. The molecule has 2 rings (SSSR count). The number of anilines is 1. The number of aromatic nitrogens is 3. The minimum atomic E-state index is -1.18. The average molecular weight is 250 g/mol. The Morgan fingerprint density at radius 1 is 1.47 bits per heavy atom. The summed E-state index contributed by atoms with van der Waals surface area (Å²) < 4.78 is 13.7. The summed E-state index contributed by atoms with van der Waals surface area (Å²) in [4.78, 5) is 0.663. The number of benzene rings is 1. The van der Waals surface area contributed by atoms with Gasteiger partial charge in [0.05, 0.1) is 32.8 Å². The fourth-order valence-corrected chi connectivity index (χ4v) is 2.72. The molecule has 0 bridgehead atoms. The molecule has 0 aliphatic carbocycles. The molecule has 0 fully saturated rings. The molecule has 90 valence electrons. The number of nitrogen functional groups attached to an aromatic ring is 1. The summed E-state index contributed by atoms with van der Waals surface area (Å²) in [6.07, 6.45) is 1.75. The van der Waals surface area contributed by atoms with E-state index in [-0.39, 0.29) is 0 Å². The van der Waals surface area contributed by atoms with E-state index < -0.39 is 10.8 Å². The maximum atomic E-state index is 12.2. The first kappa shape index (κ1) is 11.8. The fourth-order valence-electron chi connectivity index (χ4n) is 1.53. The third-order valence-corrected chi connectivity index (χ3v) is 3.86. The highest BCUT2D eigenvalue weighted by atomic mass is 32.2. The van der Waals surface area contributed by atoms with Gasteiger partial charge in [0.25, 0.3) is 0 Å². The van der Waals surface area contributed by atoms with Crippen molar-refractivity contribution in [3.05, 3.63) is 35.7 Å². The normalized spacial score (nSPS) is 12.6. The molecule has 1 aromatic carbocycles. The predicted octanol–water partition coefficient (Wildman–Crippen LogP) is 1.01. The highest BCUT2D eigenvalue weighted by molar-refractivity contribution is 7.84. The van der Waals surface area contributed by atoms with Crippen molar-refractivity contribution >= 4 is 16.5 Å². The van der Waals surface area contributed by atoms with Gasteiger partial charge < -0.3 is 5.73 Å². The van der Waals surface area contributed by atoms with Crippen molar-refractivity contribution in [1.82, 2.24) is 15.0 Å². The van der Waals surface area contributed by atoms with Gasteiger partial charge in [-0.05, 0) is 18.6 Å². The highest BCUT2D eigenvalue weighted by Gasteiger charge is 2.11. The third kappa shape index (κ3) is 2.52. The summed E-state index contributed by atoms with van der Waals surface area (Å²) in [7, 11) is 0.594. The molecule has 0 radical (unpaired) electrons. The van der Waals surface area contributed by atoms with Crippen molar-refractivity contribution < 1.29 is 4.21 Å². The molecule has 1 unspecified atom stereocenters. The van der Waals surface area contributed by atoms with Gasteiger partial charge in [0.2, 0.25) is 0 Å². The number of rotatable bonds is 3. The Morgan fingerprint density at radius 3 is 2.88 bits per heavy atom. The standard InChI is InChI=1S/C11H14N4OS/c1-8-4-3-5-10(11(8)12)17(16)7-9-6-15(2)14-13-9/h3-6H,7,12H2,1-2H3. The number of hydrogen-bond acceptors (Lipinski definition) is 4. The zero-order chi connectivity index (χ0) is 12.4. The zero-order valence-electron chi connectivity index (χ0n) is 9.75. The van der Waals surface area contributed by atoms with Crippen LogP contribution in [0.15, 0.2) is 29.3 Å². The van der Waals surface area contributed by atoms with Crippen molar-refractivity contribution in [2.24, 2.45) is 7.05 Å². The molecule has 0 saturated carbocycles. The predicted molar refractivity (Wildman–Crippen MR) is 66.7 cm³/mol. The lowest BCUT2D eigenvalue weighted by Gasteiger charge is -2.06. The van der Waals surface area contributed by atoms with Gasteiger partial charge in [-0.15, -0.1) is 5.10 Å². The third-order valence-electron chi connectivity index (χ3n) is 2.46. The van der Waals surface area contributed by atoms with Gasteiger partial charge in [0.1, 0.15) is 0 Å². The molecular weight excluding hydrogens is 236 g/mol. The second-order valence-corrected chi connectivity index (χ2v) is 5.28. The van der Waals surface area contributed by atoms with Crippen LogP contribution in [0.4, 0.5) is 5.69 Å². The minimum absolute atomic E-state index is 0.335. The van der Waals surface area contributed by atoms with E-state index in [9.17, 15) is 4.21 Å². The van der Waals surface area contributed by atoms with E-state index in [4.69, 9.17) is 5.73 Å². The molecule has 0 amide bonds. The van der Waals surface area contributed by atoms with Crippen LogP contribution in [0.3, 0.4) is 0 Å². The lowest BCUT2D eigenvalue weighted by molar-refractivity contribution is 0.682. The summed E-state index contributed by atoms with van der Waals surface area (Å²) in [5.41, 5.74) is 8.14. The summed E-state index contributed by atoms with van der Waals surface area (Å²) in [5.74, 6) is 0.335. The van der Waals surface area contributed by atoms with Gasteiger partial charge in [-0.25, -0.2) is 0 Å². The number of hydrogen-bond donors (Lipinski definition) is 1. The number of nitrogens with two attached hydrogens (primary N) is 1. The van der Waals surface area contributed by atoms with E-state index in [1.54, 1.807) is 24.0 Å². The Bertz CT molecular complexity index is 564. The van der Waals surface area contributed by atoms with Crippen LogP contribution >= 0.6 is 0 Å². The summed E-state index contributed by atoms with van der Waals surface area (Å²) >= 11 is 0. The first-order valence-electron chi connectivity index (χ1n) is 5.16. The summed E-state index contributed by atoms with van der Waals surface area (Å²) in [6.45, 7) is 1.90. The van der Waals surface area contributed by atoms with Crippen LogP contribution in [0.1, 0.15) is 11.3 Å². The Morgan fingerprint density at radius 2 is 2.24 bits per heavy atom. The van der Waals surface area contributed by atoms with E-state index in [0.29, 0.717) is 22.0 Å². The molecular formula is C11H14N4OS. The summed E-state index contributed by atoms with van der Waals surface area (Å²) in [5, 5.41) is 7.72. The molecule has 0 aliphatic rings. The van der Waals surface area contributed by atoms with Gasteiger partial charge in [-0.2, -0.15) is 0 Å². The van der Waals surface area contributed by atoms with Crippen molar-refractivity contribution in [1.29, 1.82) is 0 Å². The molecule has 0 saturated heterocycles. The topological polar surface area (TPSA) is 73.8 Å². The Labute approximate surface area is 102 Å². The van der Waals surface area contributed by atoms with Crippen LogP contribution in [0.25, 0.3) is 0 Å². The molecule has 2 aromatic rings. The van der Waals surface area contributed by atoms with Crippen molar-refractivity contribution in [2.45, 2.75) is 17.6 Å². The number of nitrogens with zero attached hydrogens (tertiary/aromatic N) is 3. The first-order chi connectivity index (χ1) is 8.08. The van der Waals surface area contributed by atoms with E-state index in [1.807, 2.05) is 19.1 Å². The monoisotopic (exact) mass is 250 g/mol.